The van der Waals surface area contributed by atoms with E-state index in [1.54, 1.807) is 0 Å². The van der Waals surface area contributed by atoms with Crippen molar-refractivity contribution in [1.29, 1.82) is 0 Å². The van der Waals surface area contributed by atoms with E-state index >= 15 is 0 Å². The molecule has 1 aliphatic rings. The molecule has 9 nitrogen and oxygen atoms in total. The summed E-state index contributed by atoms with van der Waals surface area (Å²) in [6, 6.07) is 11.7. The van der Waals surface area contributed by atoms with Gasteiger partial charge in [0.05, 0.1) is 24.4 Å². The molecule has 0 radical (unpaired) electrons. The number of aryl methyl sites for hydroxylation is 1. The first-order chi connectivity index (χ1) is 18.2. The Bertz CT molecular complexity index is 1340. The summed E-state index contributed by atoms with van der Waals surface area (Å²) in [4.78, 5) is 18.4. The van der Waals surface area contributed by atoms with Gasteiger partial charge in [0.2, 0.25) is 5.82 Å². The normalized spacial score (nSPS) is 18.4. The molecule has 1 fully saturated rings. The molecule has 1 saturated carbocycles. The number of pyridine rings is 1. The molecule has 0 aliphatic heterocycles. The summed E-state index contributed by atoms with van der Waals surface area (Å²) in [6.07, 6.45) is 12.2. The SMILES string of the molecule is CCCCc1cn(C2CCCCCCC2O)c(=O)n1Cc1ccc(-c2ccccc2-c2nn[nH]n2)nc1. The van der Waals surface area contributed by atoms with Gasteiger partial charge in [-0.3, -0.25) is 14.1 Å². The maximum atomic E-state index is 13.6. The highest BCUT2D eigenvalue weighted by atomic mass is 16.3. The summed E-state index contributed by atoms with van der Waals surface area (Å²) in [5.74, 6) is 0.520. The van der Waals surface area contributed by atoms with Crippen LogP contribution in [0.5, 0.6) is 0 Å². The van der Waals surface area contributed by atoms with E-state index < -0.39 is 6.10 Å². The standard InChI is InChI=1S/C28H35N7O2/c1-2-3-10-21-19-35(25-13-6-4-5-7-14-26(25)36)28(37)34(21)18-20-15-16-24(29-17-20)22-11-8-9-12-23(22)27-30-32-33-31-27/h8-9,11-12,15-17,19,25-26,36H,2-7,10,13-14,18H2,1H3,(H,30,31,32,33). The summed E-state index contributed by atoms with van der Waals surface area (Å²) in [5.41, 5.74) is 4.51. The Morgan fingerprint density at radius 3 is 2.59 bits per heavy atom. The zero-order valence-corrected chi connectivity index (χ0v) is 21.4. The largest absolute Gasteiger partial charge is 0.391 e. The van der Waals surface area contributed by atoms with E-state index in [2.05, 4.69) is 27.5 Å². The second-order valence-electron chi connectivity index (χ2n) is 9.96. The van der Waals surface area contributed by atoms with Gasteiger partial charge in [-0.15, -0.1) is 10.2 Å². The molecule has 194 valence electrons. The van der Waals surface area contributed by atoms with Crippen molar-refractivity contribution < 1.29 is 5.11 Å². The predicted octanol–water partition coefficient (Wildman–Crippen LogP) is 4.54. The number of tetrazole rings is 1. The van der Waals surface area contributed by atoms with Gasteiger partial charge in [-0.25, -0.2) is 4.79 Å². The molecule has 2 N–H and O–H groups in total. The van der Waals surface area contributed by atoms with Crippen molar-refractivity contribution in [2.75, 3.05) is 0 Å². The molecule has 0 amide bonds. The monoisotopic (exact) mass is 501 g/mol. The second-order valence-corrected chi connectivity index (χ2v) is 9.96. The topological polar surface area (TPSA) is 115 Å². The molecule has 37 heavy (non-hydrogen) atoms. The number of nitrogens with zero attached hydrogens (tertiary/aromatic N) is 6. The number of aliphatic hydroxyl groups is 1. The zero-order valence-electron chi connectivity index (χ0n) is 21.4. The summed E-state index contributed by atoms with van der Waals surface area (Å²) in [7, 11) is 0. The van der Waals surface area contributed by atoms with Crippen molar-refractivity contribution in [2.24, 2.45) is 0 Å². The number of nitrogens with one attached hydrogen (secondary N) is 1. The highest BCUT2D eigenvalue weighted by Crippen LogP contribution is 2.29. The minimum atomic E-state index is -0.479. The van der Waals surface area contributed by atoms with Crippen LogP contribution in [0.3, 0.4) is 0 Å². The lowest BCUT2D eigenvalue weighted by molar-refractivity contribution is 0.0868. The van der Waals surface area contributed by atoms with E-state index in [4.69, 9.17) is 4.98 Å². The summed E-state index contributed by atoms with van der Waals surface area (Å²) < 4.78 is 3.68. The van der Waals surface area contributed by atoms with Gasteiger partial charge < -0.3 is 5.11 Å². The lowest BCUT2D eigenvalue weighted by Crippen LogP contribution is -2.34. The number of imidazole rings is 1. The van der Waals surface area contributed by atoms with E-state index in [1.807, 2.05) is 57.9 Å². The third-order valence-electron chi connectivity index (χ3n) is 7.38. The molecule has 4 aromatic rings. The molecule has 2 atom stereocenters. The first-order valence-electron chi connectivity index (χ1n) is 13.4. The smallest absolute Gasteiger partial charge is 0.329 e. The fraction of sp³-hybridized carbons (Fsp3) is 0.464. The van der Waals surface area contributed by atoms with Crippen molar-refractivity contribution in [1.82, 2.24) is 34.7 Å². The quantitative estimate of drug-likeness (QED) is 0.366. The van der Waals surface area contributed by atoms with E-state index in [9.17, 15) is 9.90 Å². The van der Waals surface area contributed by atoms with Gasteiger partial charge >= 0.3 is 5.69 Å². The minimum Gasteiger partial charge on any atom is -0.391 e. The molecule has 0 spiro atoms. The summed E-state index contributed by atoms with van der Waals surface area (Å²) in [6.45, 7) is 2.61. The number of unbranched alkanes of at least 4 members (excludes halogenated alkanes) is 1. The third kappa shape index (κ3) is 5.56. The van der Waals surface area contributed by atoms with Gasteiger partial charge in [0.25, 0.3) is 0 Å². The van der Waals surface area contributed by atoms with Crippen LogP contribution in [0.1, 0.15) is 75.6 Å². The maximum Gasteiger partial charge on any atom is 0.329 e. The Hall–Kier alpha value is -3.59. The van der Waals surface area contributed by atoms with Crippen LogP contribution in [0.15, 0.2) is 53.6 Å². The van der Waals surface area contributed by atoms with Crippen LogP contribution in [0, 0.1) is 0 Å². The van der Waals surface area contributed by atoms with Crippen LogP contribution in [0.2, 0.25) is 0 Å². The zero-order chi connectivity index (χ0) is 25.6. The Morgan fingerprint density at radius 2 is 1.86 bits per heavy atom. The minimum absolute atomic E-state index is 0.0396. The van der Waals surface area contributed by atoms with E-state index in [0.29, 0.717) is 12.4 Å². The van der Waals surface area contributed by atoms with E-state index in [0.717, 1.165) is 85.9 Å². The Kier molecular flexibility index (Phi) is 7.89. The average Bonchev–Trinajstić information content (AvgIpc) is 3.55. The van der Waals surface area contributed by atoms with Gasteiger partial charge in [-0.1, -0.05) is 69.4 Å². The summed E-state index contributed by atoms with van der Waals surface area (Å²) >= 11 is 0. The van der Waals surface area contributed by atoms with Crippen molar-refractivity contribution in [2.45, 2.75) is 83.4 Å². The number of H-pyrrole nitrogens is 1. The number of hydrogen-bond acceptors (Lipinski definition) is 6. The van der Waals surface area contributed by atoms with Crippen LogP contribution < -0.4 is 5.69 Å². The Balaban J connectivity index is 1.43. The molecular formula is C28H35N7O2. The number of aromatic amines is 1. The molecule has 9 heteroatoms. The highest BCUT2D eigenvalue weighted by Gasteiger charge is 2.26. The van der Waals surface area contributed by atoms with Crippen LogP contribution in [-0.2, 0) is 13.0 Å². The Morgan fingerprint density at radius 1 is 1.05 bits per heavy atom. The van der Waals surface area contributed by atoms with Crippen LogP contribution in [-0.4, -0.2) is 46.0 Å². The molecule has 0 bridgehead atoms. The fourth-order valence-electron chi connectivity index (χ4n) is 5.32. The first-order valence-corrected chi connectivity index (χ1v) is 13.4. The van der Waals surface area contributed by atoms with Crippen molar-refractivity contribution in [3.63, 3.8) is 0 Å². The van der Waals surface area contributed by atoms with Gasteiger partial charge in [0.15, 0.2) is 0 Å². The molecule has 1 aromatic carbocycles. The lowest BCUT2D eigenvalue weighted by atomic mass is 9.94. The predicted molar refractivity (Wildman–Crippen MR) is 142 cm³/mol. The lowest BCUT2D eigenvalue weighted by Gasteiger charge is -2.25. The van der Waals surface area contributed by atoms with Gasteiger partial charge in [-0.2, -0.15) is 5.21 Å². The van der Waals surface area contributed by atoms with Crippen molar-refractivity contribution in [3.8, 4) is 22.6 Å². The fourth-order valence-corrected chi connectivity index (χ4v) is 5.32. The number of benzene rings is 1. The van der Waals surface area contributed by atoms with Crippen LogP contribution in [0.25, 0.3) is 22.6 Å². The number of rotatable bonds is 8. The molecule has 3 heterocycles. The number of hydrogen-bond donors (Lipinski definition) is 2. The van der Waals surface area contributed by atoms with Crippen LogP contribution in [0.4, 0.5) is 0 Å². The molecule has 3 aromatic heterocycles. The van der Waals surface area contributed by atoms with E-state index in [-0.39, 0.29) is 11.7 Å². The molecule has 5 rings (SSSR count). The maximum absolute atomic E-state index is 13.6. The third-order valence-corrected chi connectivity index (χ3v) is 7.38. The molecular weight excluding hydrogens is 466 g/mol. The van der Waals surface area contributed by atoms with Gasteiger partial charge in [0, 0.05) is 29.2 Å². The molecule has 1 aliphatic carbocycles. The number of aromatic nitrogens is 7. The average molecular weight is 502 g/mol. The Labute approximate surface area is 216 Å². The first kappa shape index (κ1) is 25.1. The molecule has 0 saturated heterocycles. The number of aliphatic hydroxyl groups excluding tert-OH is 1. The summed E-state index contributed by atoms with van der Waals surface area (Å²) in [5, 5.41) is 25.3. The van der Waals surface area contributed by atoms with Gasteiger partial charge in [-0.05, 0) is 42.5 Å². The molecule has 2 unspecified atom stereocenters. The van der Waals surface area contributed by atoms with Crippen molar-refractivity contribution in [3.05, 3.63) is 70.5 Å². The van der Waals surface area contributed by atoms with Crippen molar-refractivity contribution >= 4 is 0 Å². The van der Waals surface area contributed by atoms with E-state index in [1.165, 1.54) is 0 Å². The van der Waals surface area contributed by atoms with Crippen LogP contribution >= 0.6 is 0 Å². The highest BCUT2D eigenvalue weighted by molar-refractivity contribution is 5.78. The second kappa shape index (κ2) is 11.6. The van der Waals surface area contributed by atoms with Gasteiger partial charge in [0.1, 0.15) is 0 Å².